The van der Waals surface area contributed by atoms with E-state index >= 15 is 0 Å². The highest BCUT2D eigenvalue weighted by molar-refractivity contribution is 7.89. The molecule has 2 aromatic rings. The van der Waals surface area contributed by atoms with Crippen molar-refractivity contribution in [1.82, 2.24) is 14.4 Å². The van der Waals surface area contributed by atoms with Crippen LogP contribution in [-0.2, 0) is 10.0 Å². The smallest absolute Gasteiger partial charge is 0.321 e. The quantitative estimate of drug-likeness (QED) is 0.866. The van der Waals surface area contributed by atoms with E-state index in [0.29, 0.717) is 18.8 Å². The van der Waals surface area contributed by atoms with Crippen LogP contribution in [0.25, 0.3) is 0 Å². The SMILES string of the molecule is Cc1cccc(C)c1NC(=O)N1CCN(S(=O)(=O)c2c(C)noc2C)CC1. The van der Waals surface area contributed by atoms with Gasteiger partial charge in [-0.3, -0.25) is 0 Å². The van der Waals surface area contributed by atoms with Gasteiger partial charge in [0.25, 0.3) is 0 Å². The largest absolute Gasteiger partial charge is 0.360 e. The van der Waals surface area contributed by atoms with Gasteiger partial charge in [0.15, 0.2) is 5.76 Å². The Bertz CT molecular complexity index is 920. The molecule has 1 aliphatic rings. The van der Waals surface area contributed by atoms with Crippen LogP contribution in [0.15, 0.2) is 27.6 Å². The fourth-order valence-corrected chi connectivity index (χ4v) is 5.01. The van der Waals surface area contributed by atoms with Crippen LogP contribution in [0.4, 0.5) is 10.5 Å². The van der Waals surface area contributed by atoms with Crippen molar-refractivity contribution < 1.29 is 17.7 Å². The normalized spacial score (nSPS) is 15.8. The maximum Gasteiger partial charge on any atom is 0.321 e. The van der Waals surface area contributed by atoms with Gasteiger partial charge in [0.05, 0.1) is 0 Å². The molecule has 0 spiro atoms. The molecule has 0 atom stereocenters. The molecule has 2 heterocycles. The van der Waals surface area contributed by atoms with Gasteiger partial charge in [-0.15, -0.1) is 0 Å². The van der Waals surface area contributed by atoms with E-state index < -0.39 is 10.0 Å². The van der Waals surface area contributed by atoms with Crippen molar-refractivity contribution in [3.63, 3.8) is 0 Å². The van der Waals surface area contributed by atoms with Gasteiger partial charge in [0, 0.05) is 31.9 Å². The lowest BCUT2D eigenvalue weighted by molar-refractivity contribution is 0.184. The van der Waals surface area contributed by atoms with E-state index in [9.17, 15) is 13.2 Å². The van der Waals surface area contributed by atoms with Gasteiger partial charge >= 0.3 is 6.03 Å². The van der Waals surface area contributed by atoms with E-state index in [-0.39, 0.29) is 29.8 Å². The van der Waals surface area contributed by atoms with E-state index in [2.05, 4.69) is 10.5 Å². The minimum absolute atomic E-state index is 0.121. The Morgan fingerprint density at radius 3 is 2.19 bits per heavy atom. The number of nitrogens with one attached hydrogen (secondary N) is 1. The maximum atomic E-state index is 12.9. The topological polar surface area (TPSA) is 95.8 Å². The van der Waals surface area contributed by atoms with Crippen LogP contribution in [0.1, 0.15) is 22.6 Å². The first-order chi connectivity index (χ1) is 12.7. The molecule has 1 N–H and O–H groups in total. The highest BCUT2D eigenvalue weighted by Gasteiger charge is 2.34. The molecule has 0 unspecified atom stereocenters. The molecule has 1 aromatic heterocycles. The zero-order valence-corrected chi connectivity index (χ0v) is 16.8. The number of piperazine rings is 1. The van der Waals surface area contributed by atoms with Crippen molar-refractivity contribution >= 4 is 21.7 Å². The lowest BCUT2D eigenvalue weighted by Gasteiger charge is -2.34. The van der Waals surface area contributed by atoms with Gasteiger partial charge in [-0.2, -0.15) is 4.31 Å². The van der Waals surface area contributed by atoms with E-state index in [4.69, 9.17) is 4.52 Å². The molecule has 1 aliphatic heterocycles. The zero-order chi connectivity index (χ0) is 19.8. The summed E-state index contributed by atoms with van der Waals surface area (Å²) in [5, 5.41) is 6.67. The summed E-state index contributed by atoms with van der Waals surface area (Å²) in [6.07, 6.45) is 0. The predicted octanol–water partition coefficient (Wildman–Crippen LogP) is 2.45. The summed E-state index contributed by atoms with van der Waals surface area (Å²) in [4.78, 5) is 14.3. The van der Waals surface area contributed by atoms with Crippen molar-refractivity contribution in [3.8, 4) is 0 Å². The maximum absolute atomic E-state index is 12.9. The third-order valence-corrected chi connectivity index (χ3v) is 6.95. The lowest BCUT2D eigenvalue weighted by atomic mass is 10.1. The Kier molecular flexibility index (Phi) is 5.25. The summed E-state index contributed by atoms with van der Waals surface area (Å²) in [5.41, 5.74) is 3.13. The third kappa shape index (κ3) is 3.70. The number of carbonyl (C=O) groups excluding carboxylic acids is 1. The number of carbonyl (C=O) groups is 1. The lowest BCUT2D eigenvalue weighted by Crippen LogP contribution is -2.51. The predicted molar refractivity (Wildman–Crippen MR) is 101 cm³/mol. The van der Waals surface area contributed by atoms with Crippen LogP contribution >= 0.6 is 0 Å². The minimum Gasteiger partial charge on any atom is -0.360 e. The van der Waals surface area contributed by atoms with Gasteiger partial charge in [0.2, 0.25) is 10.0 Å². The number of benzene rings is 1. The summed E-state index contributed by atoms with van der Waals surface area (Å²) in [7, 11) is -3.68. The Morgan fingerprint density at radius 1 is 1.07 bits per heavy atom. The molecule has 3 rings (SSSR count). The second kappa shape index (κ2) is 7.32. The molecular weight excluding hydrogens is 368 g/mol. The summed E-state index contributed by atoms with van der Waals surface area (Å²) in [6, 6.07) is 5.60. The molecule has 8 nitrogen and oxygen atoms in total. The summed E-state index contributed by atoms with van der Waals surface area (Å²) < 4.78 is 32.1. The van der Waals surface area contributed by atoms with Gasteiger partial charge in [0.1, 0.15) is 10.6 Å². The van der Waals surface area contributed by atoms with Crippen LogP contribution in [-0.4, -0.2) is 55.0 Å². The number of amides is 2. The first-order valence-corrected chi connectivity index (χ1v) is 10.2. The van der Waals surface area contributed by atoms with Gasteiger partial charge in [-0.05, 0) is 38.8 Å². The van der Waals surface area contributed by atoms with E-state index in [1.807, 2.05) is 32.0 Å². The number of urea groups is 1. The number of rotatable bonds is 3. The zero-order valence-electron chi connectivity index (χ0n) is 15.9. The molecule has 0 radical (unpaired) electrons. The second-order valence-electron chi connectivity index (χ2n) is 6.74. The number of nitrogens with zero attached hydrogens (tertiary/aromatic N) is 3. The number of hydrogen-bond acceptors (Lipinski definition) is 5. The van der Waals surface area contributed by atoms with E-state index in [1.54, 1.807) is 18.7 Å². The first-order valence-electron chi connectivity index (χ1n) is 8.77. The molecule has 1 aromatic carbocycles. The Hall–Kier alpha value is -2.39. The van der Waals surface area contributed by atoms with Crippen molar-refractivity contribution in [2.24, 2.45) is 0 Å². The van der Waals surface area contributed by atoms with Crippen molar-refractivity contribution in [2.45, 2.75) is 32.6 Å². The van der Waals surface area contributed by atoms with Gasteiger partial charge in [-0.1, -0.05) is 23.4 Å². The van der Waals surface area contributed by atoms with Crippen LogP contribution in [0, 0.1) is 27.7 Å². The van der Waals surface area contributed by atoms with Crippen LogP contribution in [0.2, 0.25) is 0 Å². The number of aromatic nitrogens is 1. The Labute approximate surface area is 159 Å². The molecule has 1 fully saturated rings. The number of hydrogen-bond donors (Lipinski definition) is 1. The third-order valence-electron chi connectivity index (χ3n) is 4.80. The van der Waals surface area contributed by atoms with Crippen LogP contribution in [0.3, 0.4) is 0 Å². The van der Waals surface area contributed by atoms with Gasteiger partial charge < -0.3 is 14.7 Å². The van der Waals surface area contributed by atoms with Crippen LogP contribution in [0.5, 0.6) is 0 Å². The van der Waals surface area contributed by atoms with Crippen molar-refractivity contribution in [1.29, 1.82) is 0 Å². The van der Waals surface area contributed by atoms with Crippen LogP contribution < -0.4 is 5.32 Å². The monoisotopic (exact) mass is 392 g/mol. The number of anilines is 1. The average molecular weight is 392 g/mol. The van der Waals surface area contributed by atoms with Crippen molar-refractivity contribution in [3.05, 3.63) is 40.8 Å². The number of para-hydroxylation sites is 1. The van der Waals surface area contributed by atoms with Gasteiger partial charge in [-0.25, -0.2) is 13.2 Å². The summed E-state index contributed by atoms with van der Waals surface area (Å²) >= 11 is 0. The number of sulfonamides is 1. The molecule has 0 bridgehead atoms. The Morgan fingerprint density at radius 2 is 1.67 bits per heavy atom. The first kappa shape index (κ1) is 19.4. The summed E-state index contributed by atoms with van der Waals surface area (Å²) in [5.74, 6) is 0.280. The molecule has 0 aliphatic carbocycles. The highest BCUT2D eigenvalue weighted by atomic mass is 32.2. The standard InChI is InChI=1S/C18H24N4O4S/c1-12-6-5-7-13(2)16(12)19-18(23)21-8-10-22(11-9-21)27(24,25)17-14(3)20-26-15(17)4/h5-7H,8-11H2,1-4H3,(H,19,23). The molecule has 27 heavy (non-hydrogen) atoms. The van der Waals surface area contributed by atoms with E-state index in [0.717, 1.165) is 16.8 Å². The fraction of sp³-hybridized carbons (Fsp3) is 0.444. The molecule has 9 heteroatoms. The second-order valence-corrected chi connectivity index (χ2v) is 8.62. The average Bonchev–Trinajstić information content (AvgIpc) is 2.97. The van der Waals surface area contributed by atoms with Crippen molar-refractivity contribution in [2.75, 3.05) is 31.5 Å². The molecule has 0 saturated carbocycles. The highest BCUT2D eigenvalue weighted by Crippen LogP contribution is 2.25. The fourth-order valence-electron chi connectivity index (χ4n) is 3.30. The Balaban J connectivity index is 1.68. The molecular formula is C18H24N4O4S. The minimum atomic E-state index is -3.68. The molecule has 146 valence electrons. The summed E-state index contributed by atoms with van der Waals surface area (Å²) in [6.45, 7) is 8.17. The molecule has 2 amide bonds. The molecule has 1 saturated heterocycles. The van der Waals surface area contributed by atoms with E-state index in [1.165, 1.54) is 4.31 Å². The number of aryl methyl sites for hydroxylation is 4.